The van der Waals surface area contributed by atoms with E-state index >= 15 is 0 Å². The Morgan fingerprint density at radius 3 is 2.14 bits per heavy atom. The number of carbonyl (C=O) groups is 2. The van der Waals surface area contributed by atoms with E-state index < -0.39 is 6.04 Å². The fourth-order valence-corrected chi connectivity index (χ4v) is 3.16. The highest BCUT2D eigenvalue weighted by Gasteiger charge is 2.30. The van der Waals surface area contributed by atoms with Gasteiger partial charge in [0.15, 0.2) is 0 Å². The zero-order valence-corrected chi connectivity index (χ0v) is 17.8. The van der Waals surface area contributed by atoms with E-state index in [0.29, 0.717) is 18.0 Å². The van der Waals surface area contributed by atoms with Crippen molar-refractivity contribution in [3.05, 3.63) is 70.7 Å². The molecule has 0 aromatic heterocycles. The van der Waals surface area contributed by atoms with Crippen molar-refractivity contribution in [2.75, 3.05) is 0 Å². The molecule has 0 radical (unpaired) electrons. The van der Waals surface area contributed by atoms with Crippen molar-refractivity contribution < 1.29 is 9.59 Å². The SMILES string of the molecule is CC[C@@H](C(=O)NC(C)(C)C)N(Cc1ccccc1)C(=O)Cc1ccc(Cl)cc1. The Hall–Kier alpha value is -2.33. The molecule has 0 heterocycles. The molecule has 0 saturated heterocycles. The standard InChI is InChI=1S/C23H29ClN2O2/c1-5-20(22(28)25-23(2,3)4)26(16-18-9-7-6-8-10-18)21(27)15-17-11-13-19(24)14-12-17/h6-14,20H,5,15-16H2,1-4H3,(H,25,28)/t20-/m0/s1. The van der Waals surface area contributed by atoms with Crippen molar-refractivity contribution in [2.24, 2.45) is 0 Å². The highest BCUT2D eigenvalue weighted by atomic mass is 35.5. The average molecular weight is 401 g/mol. The monoisotopic (exact) mass is 400 g/mol. The maximum Gasteiger partial charge on any atom is 0.243 e. The fourth-order valence-electron chi connectivity index (χ4n) is 3.03. The normalized spacial score (nSPS) is 12.3. The molecular formula is C23H29ClN2O2. The number of benzene rings is 2. The van der Waals surface area contributed by atoms with Crippen LogP contribution in [0.3, 0.4) is 0 Å². The minimum atomic E-state index is -0.528. The molecule has 150 valence electrons. The number of nitrogens with one attached hydrogen (secondary N) is 1. The van der Waals surface area contributed by atoms with Crippen LogP contribution in [0.5, 0.6) is 0 Å². The van der Waals surface area contributed by atoms with E-state index in [2.05, 4.69) is 5.32 Å². The van der Waals surface area contributed by atoms with E-state index in [1.54, 1.807) is 17.0 Å². The molecule has 0 aliphatic rings. The summed E-state index contributed by atoms with van der Waals surface area (Å²) in [6.45, 7) is 8.14. The van der Waals surface area contributed by atoms with Crippen molar-refractivity contribution in [1.82, 2.24) is 10.2 Å². The first-order chi connectivity index (χ1) is 13.2. The molecule has 0 unspecified atom stereocenters. The fraction of sp³-hybridized carbons (Fsp3) is 0.391. The van der Waals surface area contributed by atoms with Gasteiger partial charge in [0.05, 0.1) is 6.42 Å². The number of hydrogen-bond donors (Lipinski definition) is 1. The molecule has 0 spiro atoms. The quantitative estimate of drug-likeness (QED) is 0.738. The maximum absolute atomic E-state index is 13.2. The van der Waals surface area contributed by atoms with Gasteiger partial charge in [0.25, 0.3) is 0 Å². The molecular weight excluding hydrogens is 372 g/mol. The van der Waals surface area contributed by atoms with Crippen LogP contribution in [0, 0.1) is 0 Å². The first-order valence-electron chi connectivity index (χ1n) is 9.59. The summed E-state index contributed by atoms with van der Waals surface area (Å²) in [6, 6.07) is 16.5. The van der Waals surface area contributed by atoms with Crippen LogP contribution in [0.2, 0.25) is 5.02 Å². The summed E-state index contributed by atoms with van der Waals surface area (Å²) in [7, 11) is 0. The zero-order valence-electron chi connectivity index (χ0n) is 17.0. The molecule has 0 bridgehead atoms. The summed E-state index contributed by atoms with van der Waals surface area (Å²) >= 11 is 5.95. The second-order valence-corrected chi connectivity index (χ2v) is 8.41. The van der Waals surface area contributed by atoms with Crippen LogP contribution in [0.1, 0.15) is 45.2 Å². The highest BCUT2D eigenvalue weighted by molar-refractivity contribution is 6.30. The summed E-state index contributed by atoms with van der Waals surface area (Å²) in [6.07, 6.45) is 0.768. The van der Waals surface area contributed by atoms with Crippen molar-refractivity contribution in [1.29, 1.82) is 0 Å². The zero-order chi connectivity index (χ0) is 20.7. The minimum absolute atomic E-state index is 0.0814. The van der Waals surface area contributed by atoms with Crippen LogP contribution in [0.25, 0.3) is 0 Å². The molecule has 2 aromatic rings. The lowest BCUT2D eigenvalue weighted by Crippen LogP contribution is -2.53. The van der Waals surface area contributed by atoms with Gasteiger partial charge in [-0.3, -0.25) is 9.59 Å². The first-order valence-corrected chi connectivity index (χ1v) is 9.97. The molecule has 4 nitrogen and oxygen atoms in total. The smallest absolute Gasteiger partial charge is 0.243 e. The lowest BCUT2D eigenvalue weighted by atomic mass is 10.0. The van der Waals surface area contributed by atoms with E-state index in [9.17, 15) is 9.59 Å². The van der Waals surface area contributed by atoms with Gasteiger partial charge < -0.3 is 10.2 Å². The largest absolute Gasteiger partial charge is 0.350 e. The van der Waals surface area contributed by atoms with Gasteiger partial charge in [-0.2, -0.15) is 0 Å². The summed E-state index contributed by atoms with van der Waals surface area (Å²) in [5.74, 6) is -0.211. The van der Waals surface area contributed by atoms with Gasteiger partial charge in [-0.05, 0) is 50.5 Å². The van der Waals surface area contributed by atoms with Crippen LogP contribution in [-0.2, 0) is 22.6 Å². The first kappa shape index (κ1) is 22.0. The number of hydrogen-bond acceptors (Lipinski definition) is 2. The lowest BCUT2D eigenvalue weighted by Gasteiger charge is -2.33. The second-order valence-electron chi connectivity index (χ2n) is 7.97. The van der Waals surface area contributed by atoms with Gasteiger partial charge in [-0.25, -0.2) is 0 Å². The number of halogens is 1. The van der Waals surface area contributed by atoms with Gasteiger partial charge >= 0.3 is 0 Å². The van der Waals surface area contributed by atoms with E-state index in [-0.39, 0.29) is 23.8 Å². The Morgan fingerprint density at radius 2 is 1.61 bits per heavy atom. The number of nitrogens with zero attached hydrogens (tertiary/aromatic N) is 1. The van der Waals surface area contributed by atoms with Gasteiger partial charge in [0, 0.05) is 17.1 Å². The molecule has 28 heavy (non-hydrogen) atoms. The van der Waals surface area contributed by atoms with E-state index in [4.69, 9.17) is 11.6 Å². The number of amides is 2. The van der Waals surface area contributed by atoms with Gasteiger partial charge in [0.1, 0.15) is 6.04 Å². The van der Waals surface area contributed by atoms with Gasteiger partial charge in [-0.1, -0.05) is 61.0 Å². The molecule has 2 aromatic carbocycles. The molecule has 5 heteroatoms. The van der Waals surface area contributed by atoms with Crippen molar-refractivity contribution in [3.63, 3.8) is 0 Å². The summed E-state index contributed by atoms with van der Waals surface area (Å²) in [5, 5.41) is 3.65. The van der Waals surface area contributed by atoms with Crippen LogP contribution < -0.4 is 5.32 Å². The van der Waals surface area contributed by atoms with E-state index in [1.165, 1.54) is 0 Å². The highest BCUT2D eigenvalue weighted by Crippen LogP contribution is 2.17. The molecule has 2 rings (SSSR count). The van der Waals surface area contributed by atoms with E-state index in [0.717, 1.165) is 11.1 Å². The Bertz CT molecular complexity index is 782. The molecule has 0 saturated carbocycles. The predicted molar refractivity (Wildman–Crippen MR) is 114 cm³/mol. The van der Waals surface area contributed by atoms with Gasteiger partial charge in [-0.15, -0.1) is 0 Å². The molecule has 0 aliphatic carbocycles. The second kappa shape index (κ2) is 9.74. The third-order valence-electron chi connectivity index (χ3n) is 4.35. The Labute approximate surface area is 172 Å². The maximum atomic E-state index is 13.2. The van der Waals surface area contributed by atoms with Crippen LogP contribution in [0.15, 0.2) is 54.6 Å². The molecule has 0 aliphatic heterocycles. The number of carbonyl (C=O) groups excluding carboxylic acids is 2. The Balaban J connectivity index is 2.27. The third-order valence-corrected chi connectivity index (χ3v) is 4.60. The van der Waals surface area contributed by atoms with Gasteiger partial charge in [0.2, 0.25) is 11.8 Å². The van der Waals surface area contributed by atoms with Crippen molar-refractivity contribution in [3.8, 4) is 0 Å². The van der Waals surface area contributed by atoms with Crippen LogP contribution in [-0.4, -0.2) is 28.3 Å². The van der Waals surface area contributed by atoms with Crippen molar-refractivity contribution in [2.45, 2.75) is 58.7 Å². The Kier molecular flexibility index (Phi) is 7.64. The molecule has 2 amide bonds. The predicted octanol–water partition coefficient (Wildman–Crippen LogP) is 4.60. The van der Waals surface area contributed by atoms with Crippen molar-refractivity contribution >= 4 is 23.4 Å². The minimum Gasteiger partial charge on any atom is -0.350 e. The van der Waals surface area contributed by atoms with Crippen LogP contribution in [0.4, 0.5) is 0 Å². The average Bonchev–Trinajstić information content (AvgIpc) is 2.63. The number of rotatable bonds is 7. The molecule has 1 atom stereocenters. The molecule has 0 fully saturated rings. The van der Waals surface area contributed by atoms with E-state index in [1.807, 2.05) is 70.2 Å². The summed E-state index contributed by atoms with van der Waals surface area (Å²) < 4.78 is 0. The van der Waals surface area contributed by atoms with Crippen LogP contribution >= 0.6 is 11.6 Å². The topological polar surface area (TPSA) is 49.4 Å². The lowest BCUT2D eigenvalue weighted by molar-refractivity contribution is -0.141. The summed E-state index contributed by atoms with van der Waals surface area (Å²) in [4.78, 5) is 27.8. The molecule has 1 N–H and O–H groups in total. The Morgan fingerprint density at radius 1 is 1.00 bits per heavy atom. The summed E-state index contributed by atoms with van der Waals surface area (Å²) in [5.41, 5.74) is 1.51. The third kappa shape index (κ3) is 6.68.